The lowest BCUT2D eigenvalue weighted by molar-refractivity contribution is 0.201. The monoisotopic (exact) mass is 247 g/mol. The van der Waals surface area contributed by atoms with E-state index in [9.17, 15) is 4.79 Å². The van der Waals surface area contributed by atoms with Gasteiger partial charge in [-0.3, -0.25) is 0 Å². The van der Waals surface area contributed by atoms with Crippen molar-refractivity contribution in [2.75, 3.05) is 12.4 Å². The number of nitrogens with zero attached hydrogens (tertiary/aromatic N) is 1. The van der Waals surface area contributed by atoms with Crippen molar-refractivity contribution in [3.05, 3.63) is 29.8 Å². The molecule has 4 nitrogen and oxygen atoms in total. The molecule has 1 aliphatic rings. The third-order valence-electron chi connectivity index (χ3n) is 3.68. The molecular weight excluding hydrogens is 226 g/mol. The predicted molar refractivity (Wildman–Crippen MR) is 73.3 cm³/mol. The lowest BCUT2D eigenvalue weighted by Gasteiger charge is -2.25. The van der Waals surface area contributed by atoms with E-state index in [1.807, 2.05) is 31.3 Å². The van der Waals surface area contributed by atoms with Crippen LogP contribution in [0, 0.1) is 5.92 Å². The SMILES string of the molecule is CC(C1CC1)N(C)C(=O)Nc1ccc(CN)cc1. The van der Waals surface area contributed by atoms with E-state index < -0.39 is 0 Å². The molecule has 0 bridgehead atoms. The fraction of sp³-hybridized carbons (Fsp3) is 0.500. The van der Waals surface area contributed by atoms with Crippen molar-refractivity contribution < 1.29 is 4.79 Å². The van der Waals surface area contributed by atoms with Crippen LogP contribution < -0.4 is 11.1 Å². The molecule has 1 aromatic carbocycles. The molecule has 1 aromatic rings. The second-order valence-electron chi connectivity index (χ2n) is 5.02. The number of carbonyl (C=O) groups excluding carboxylic acids is 1. The van der Waals surface area contributed by atoms with Crippen molar-refractivity contribution in [2.24, 2.45) is 11.7 Å². The van der Waals surface area contributed by atoms with Gasteiger partial charge in [0.05, 0.1) is 0 Å². The van der Waals surface area contributed by atoms with Gasteiger partial charge >= 0.3 is 6.03 Å². The molecule has 0 heterocycles. The minimum absolute atomic E-state index is 0.0464. The van der Waals surface area contributed by atoms with Gasteiger partial charge in [0.15, 0.2) is 0 Å². The summed E-state index contributed by atoms with van der Waals surface area (Å²) < 4.78 is 0. The Hall–Kier alpha value is -1.55. The van der Waals surface area contributed by atoms with Crippen LogP contribution in [0.2, 0.25) is 0 Å². The molecule has 0 radical (unpaired) electrons. The molecule has 1 aliphatic carbocycles. The lowest BCUT2D eigenvalue weighted by Crippen LogP contribution is -2.39. The van der Waals surface area contributed by atoms with E-state index in [1.165, 1.54) is 12.8 Å². The zero-order valence-electron chi connectivity index (χ0n) is 11.0. The van der Waals surface area contributed by atoms with Gasteiger partial charge in [-0.05, 0) is 43.4 Å². The van der Waals surface area contributed by atoms with Gasteiger partial charge in [-0.25, -0.2) is 4.79 Å². The van der Waals surface area contributed by atoms with Gasteiger partial charge in [-0.1, -0.05) is 12.1 Å². The molecule has 98 valence electrons. The van der Waals surface area contributed by atoms with Crippen LogP contribution in [-0.2, 0) is 6.54 Å². The second kappa shape index (κ2) is 5.40. The largest absolute Gasteiger partial charge is 0.326 e. The first-order chi connectivity index (χ1) is 8.61. The molecular formula is C14H21N3O. The Morgan fingerprint density at radius 1 is 1.44 bits per heavy atom. The summed E-state index contributed by atoms with van der Waals surface area (Å²) in [5, 5.41) is 2.90. The van der Waals surface area contributed by atoms with E-state index >= 15 is 0 Å². The molecule has 1 fully saturated rings. The summed E-state index contributed by atoms with van der Waals surface area (Å²) in [7, 11) is 1.85. The minimum Gasteiger partial charge on any atom is -0.326 e. The average molecular weight is 247 g/mol. The minimum atomic E-state index is -0.0464. The number of benzene rings is 1. The van der Waals surface area contributed by atoms with Gasteiger partial charge in [-0.2, -0.15) is 0 Å². The normalized spacial score (nSPS) is 16.2. The van der Waals surface area contributed by atoms with Crippen molar-refractivity contribution in [1.82, 2.24) is 4.90 Å². The molecule has 0 aliphatic heterocycles. The standard InChI is InChI=1S/C14H21N3O/c1-10(12-5-6-12)17(2)14(18)16-13-7-3-11(9-15)4-8-13/h3-4,7-8,10,12H,5-6,9,15H2,1-2H3,(H,16,18). The summed E-state index contributed by atoms with van der Waals surface area (Å²) in [5.74, 6) is 0.681. The highest BCUT2D eigenvalue weighted by atomic mass is 16.2. The Morgan fingerprint density at radius 2 is 2.06 bits per heavy atom. The maximum atomic E-state index is 12.0. The Bertz CT molecular complexity index is 412. The van der Waals surface area contributed by atoms with Crippen LogP contribution in [0.1, 0.15) is 25.3 Å². The summed E-state index contributed by atoms with van der Waals surface area (Å²) in [6.07, 6.45) is 2.48. The van der Waals surface area contributed by atoms with E-state index in [1.54, 1.807) is 4.90 Å². The maximum Gasteiger partial charge on any atom is 0.321 e. The first kappa shape index (κ1) is 12.9. The smallest absolute Gasteiger partial charge is 0.321 e. The van der Waals surface area contributed by atoms with Crippen LogP contribution in [-0.4, -0.2) is 24.0 Å². The fourth-order valence-corrected chi connectivity index (χ4v) is 2.02. The molecule has 1 unspecified atom stereocenters. The van der Waals surface area contributed by atoms with Crippen molar-refractivity contribution in [3.8, 4) is 0 Å². The van der Waals surface area contributed by atoms with Gasteiger partial charge < -0.3 is 16.0 Å². The Balaban J connectivity index is 1.92. The van der Waals surface area contributed by atoms with Gasteiger partial charge in [-0.15, -0.1) is 0 Å². The quantitative estimate of drug-likeness (QED) is 0.858. The summed E-state index contributed by atoms with van der Waals surface area (Å²) in [5.41, 5.74) is 7.41. The Morgan fingerprint density at radius 3 is 2.56 bits per heavy atom. The molecule has 3 N–H and O–H groups in total. The van der Waals surface area contributed by atoms with E-state index in [0.717, 1.165) is 11.3 Å². The van der Waals surface area contributed by atoms with E-state index in [4.69, 9.17) is 5.73 Å². The fourth-order valence-electron chi connectivity index (χ4n) is 2.02. The number of carbonyl (C=O) groups is 1. The number of hydrogen-bond donors (Lipinski definition) is 2. The molecule has 2 amide bonds. The zero-order valence-corrected chi connectivity index (χ0v) is 11.0. The van der Waals surface area contributed by atoms with Crippen molar-refractivity contribution in [1.29, 1.82) is 0 Å². The summed E-state index contributed by atoms with van der Waals surface area (Å²) in [4.78, 5) is 13.8. The number of amides is 2. The van der Waals surface area contributed by atoms with Crippen LogP contribution in [0.4, 0.5) is 10.5 Å². The number of rotatable bonds is 4. The molecule has 0 spiro atoms. The number of hydrogen-bond acceptors (Lipinski definition) is 2. The van der Waals surface area contributed by atoms with Crippen LogP contribution in [0.25, 0.3) is 0 Å². The van der Waals surface area contributed by atoms with Crippen LogP contribution >= 0.6 is 0 Å². The van der Waals surface area contributed by atoms with Crippen LogP contribution in [0.15, 0.2) is 24.3 Å². The maximum absolute atomic E-state index is 12.0. The van der Waals surface area contributed by atoms with Gasteiger partial charge in [0.1, 0.15) is 0 Å². The second-order valence-corrected chi connectivity index (χ2v) is 5.02. The lowest BCUT2D eigenvalue weighted by atomic mass is 10.2. The molecule has 1 saturated carbocycles. The third kappa shape index (κ3) is 3.01. The molecule has 2 rings (SSSR count). The van der Waals surface area contributed by atoms with Crippen LogP contribution in [0.3, 0.4) is 0 Å². The number of urea groups is 1. The molecule has 4 heteroatoms. The zero-order chi connectivity index (χ0) is 13.1. The molecule has 1 atom stereocenters. The van der Waals surface area contributed by atoms with Crippen LogP contribution in [0.5, 0.6) is 0 Å². The molecule has 18 heavy (non-hydrogen) atoms. The molecule has 0 saturated heterocycles. The first-order valence-electron chi connectivity index (χ1n) is 6.44. The topological polar surface area (TPSA) is 58.4 Å². The highest BCUT2D eigenvalue weighted by molar-refractivity contribution is 5.89. The van der Waals surface area contributed by atoms with Crippen molar-refractivity contribution >= 4 is 11.7 Å². The van der Waals surface area contributed by atoms with Gasteiger partial charge in [0.25, 0.3) is 0 Å². The third-order valence-corrected chi connectivity index (χ3v) is 3.68. The summed E-state index contributed by atoms with van der Waals surface area (Å²) in [6, 6.07) is 7.90. The average Bonchev–Trinajstić information content (AvgIpc) is 3.22. The predicted octanol–water partition coefficient (Wildman–Crippen LogP) is 2.41. The number of nitrogens with one attached hydrogen (secondary N) is 1. The Kier molecular flexibility index (Phi) is 3.87. The van der Waals surface area contributed by atoms with Crippen molar-refractivity contribution in [3.63, 3.8) is 0 Å². The summed E-state index contributed by atoms with van der Waals surface area (Å²) >= 11 is 0. The van der Waals surface area contributed by atoms with E-state index in [0.29, 0.717) is 18.5 Å². The van der Waals surface area contributed by atoms with Gasteiger partial charge in [0, 0.05) is 25.3 Å². The van der Waals surface area contributed by atoms with E-state index in [-0.39, 0.29) is 6.03 Å². The number of anilines is 1. The Labute approximate surface area is 108 Å². The first-order valence-corrected chi connectivity index (χ1v) is 6.44. The summed E-state index contributed by atoms with van der Waals surface area (Å²) in [6.45, 7) is 2.63. The van der Waals surface area contributed by atoms with E-state index in [2.05, 4.69) is 12.2 Å². The molecule has 0 aromatic heterocycles. The van der Waals surface area contributed by atoms with Crippen molar-refractivity contribution in [2.45, 2.75) is 32.4 Å². The van der Waals surface area contributed by atoms with Gasteiger partial charge in [0.2, 0.25) is 0 Å². The highest BCUT2D eigenvalue weighted by Crippen LogP contribution is 2.34. The highest BCUT2D eigenvalue weighted by Gasteiger charge is 2.32. The number of nitrogens with two attached hydrogens (primary N) is 1.